The molecule has 0 saturated heterocycles. The van der Waals surface area contributed by atoms with Crippen molar-refractivity contribution in [2.75, 3.05) is 6.54 Å². The smallest absolute Gasteiger partial charge is 0.312 e. The number of carbonyl (C=O) groups excluding carboxylic acids is 1. The summed E-state index contributed by atoms with van der Waals surface area (Å²) in [7, 11) is 0. The number of amides is 1. The fraction of sp³-hybridized carbons (Fsp3) is 0.421. The van der Waals surface area contributed by atoms with Crippen LogP contribution in [0.25, 0.3) is 0 Å². The molecule has 2 heterocycles. The molecule has 0 aliphatic carbocycles. The van der Waals surface area contributed by atoms with Crippen LogP contribution in [-0.2, 0) is 17.9 Å². The van der Waals surface area contributed by atoms with Gasteiger partial charge in [0.15, 0.2) is 0 Å². The Morgan fingerprint density at radius 2 is 2.00 bits per heavy atom. The fourth-order valence-electron chi connectivity index (χ4n) is 3.57. The minimum absolute atomic E-state index is 0.141. The van der Waals surface area contributed by atoms with Crippen molar-refractivity contribution >= 4 is 11.9 Å². The molecule has 1 aliphatic rings. The molecule has 0 radical (unpaired) electrons. The van der Waals surface area contributed by atoms with E-state index in [0.29, 0.717) is 17.8 Å². The van der Waals surface area contributed by atoms with Crippen LogP contribution in [0.5, 0.6) is 0 Å². The first-order valence-corrected chi connectivity index (χ1v) is 8.57. The Balaban J connectivity index is 1.95. The third-order valence-corrected chi connectivity index (χ3v) is 4.81. The monoisotopic (exact) mass is 341 g/mol. The van der Waals surface area contributed by atoms with Gasteiger partial charge in [-0.1, -0.05) is 31.2 Å². The highest BCUT2D eigenvalue weighted by Gasteiger charge is 2.34. The number of benzene rings is 1. The minimum atomic E-state index is -0.903. The molecule has 3 rings (SSSR count). The van der Waals surface area contributed by atoms with E-state index in [1.807, 2.05) is 42.8 Å². The van der Waals surface area contributed by atoms with Crippen molar-refractivity contribution in [1.29, 1.82) is 0 Å². The first-order valence-electron chi connectivity index (χ1n) is 8.57. The van der Waals surface area contributed by atoms with Crippen molar-refractivity contribution in [3.63, 3.8) is 0 Å². The van der Waals surface area contributed by atoms with Crippen molar-refractivity contribution in [2.24, 2.45) is 0 Å². The molecular formula is C19H23N3O3. The molecule has 6 heteroatoms. The largest absolute Gasteiger partial charge is 0.481 e. The van der Waals surface area contributed by atoms with Gasteiger partial charge in [0.1, 0.15) is 0 Å². The van der Waals surface area contributed by atoms with Crippen LogP contribution in [0.2, 0.25) is 0 Å². The van der Waals surface area contributed by atoms with Crippen molar-refractivity contribution in [3.05, 3.63) is 52.3 Å². The molecule has 0 fully saturated rings. The van der Waals surface area contributed by atoms with Gasteiger partial charge >= 0.3 is 5.97 Å². The van der Waals surface area contributed by atoms with Gasteiger partial charge in [0, 0.05) is 25.3 Å². The molecule has 1 aromatic heterocycles. The molecule has 0 bridgehead atoms. The Labute approximate surface area is 147 Å². The molecule has 0 saturated carbocycles. The third-order valence-electron chi connectivity index (χ3n) is 4.81. The average Bonchev–Trinajstić information content (AvgIpc) is 2.87. The van der Waals surface area contributed by atoms with E-state index in [-0.39, 0.29) is 12.5 Å². The molecule has 1 aliphatic heterocycles. The maximum Gasteiger partial charge on any atom is 0.312 e. The van der Waals surface area contributed by atoms with Gasteiger partial charge in [-0.2, -0.15) is 5.10 Å². The summed E-state index contributed by atoms with van der Waals surface area (Å²) in [6, 6.07) is 7.45. The number of aliphatic carboxylic acids is 1. The van der Waals surface area contributed by atoms with Crippen molar-refractivity contribution in [1.82, 2.24) is 14.7 Å². The second-order valence-corrected chi connectivity index (χ2v) is 6.54. The van der Waals surface area contributed by atoms with E-state index < -0.39 is 11.9 Å². The minimum Gasteiger partial charge on any atom is -0.481 e. The Kier molecular flexibility index (Phi) is 4.61. The molecule has 132 valence electrons. The molecule has 1 aromatic carbocycles. The summed E-state index contributed by atoms with van der Waals surface area (Å²) in [6.45, 7) is 7.17. The number of fused-ring (bicyclic) bond motifs is 1. The summed E-state index contributed by atoms with van der Waals surface area (Å²) in [6.07, 6.45) is 0.938. The molecule has 2 aromatic rings. The van der Waals surface area contributed by atoms with Crippen LogP contribution >= 0.6 is 0 Å². The van der Waals surface area contributed by atoms with E-state index in [0.717, 1.165) is 29.8 Å². The zero-order valence-electron chi connectivity index (χ0n) is 14.8. The van der Waals surface area contributed by atoms with Gasteiger partial charge in [-0.05, 0) is 31.4 Å². The average molecular weight is 341 g/mol. The van der Waals surface area contributed by atoms with Crippen LogP contribution in [0.1, 0.15) is 52.1 Å². The highest BCUT2D eigenvalue weighted by molar-refractivity contribution is 5.97. The Morgan fingerprint density at radius 1 is 1.28 bits per heavy atom. The summed E-state index contributed by atoms with van der Waals surface area (Å²) in [4.78, 5) is 26.4. The van der Waals surface area contributed by atoms with Gasteiger partial charge in [0.05, 0.1) is 17.2 Å². The van der Waals surface area contributed by atoms with Crippen LogP contribution in [0.3, 0.4) is 0 Å². The van der Waals surface area contributed by atoms with E-state index in [2.05, 4.69) is 12.0 Å². The Bertz CT molecular complexity index is 825. The summed E-state index contributed by atoms with van der Waals surface area (Å²) < 4.78 is 1.86. The molecule has 6 nitrogen and oxygen atoms in total. The predicted molar refractivity (Wildman–Crippen MR) is 93.6 cm³/mol. The van der Waals surface area contributed by atoms with Crippen molar-refractivity contribution in [2.45, 2.75) is 46.2 Å². The SMILES string of the molecule is CCCn1nc(C)c(C(=O)N2Cc3ccccc3C(C(=O)O)C2)c1C. The number of aromatic nitrogens is 2. The number of hydrogen-bond donors (Lipinski definition) is 1. The summed E-state index contributed by atoms with van der Waals surface area (Å²) >= 11 is 0. The quantitative estimate of drug-likeness (QED) is 0.928. The summed E-state index contributed by atoms with van der Waals surface area (Å²) in [5, 5.41) is 14.1. The van der Waals surface area contributed by atoms with E-state index >= 15 is 0 Å². The van der Waals surface area contributed by atoms with Gasteiger partial charge in [-0.15, -0.1) is 0 Å². The number of aryl methyl sites for hydroxylation is 2. The lowest BCUT2D eigenvalue weighted by Crippen LogP contribution is -2.41. The van der Waals surface area contributed by atoms with Gasteiger partial charge in [0.25, 0.3) is 5.91 Å². The van der Waals surface area contributed by atoms with Gasteiger partial charge in [-0.25, -0.2) is 0 Å². The van der Waals surface area contributed by atoms with E-state index in [4.69, 9.17) is 0 Å². The lowest BCUT2D eigenvalue weighted by Gasteiger charge is -2.33. The Hall–Kier alpha value is -2.63. The Morgan fingerprint density at radius 3 is 2.68 bits per heavy atom. The molecule has 0 spiro atoms. The van der Waals surface area contributed by atoms with Crippen LogP contribution < -0.4 is 0 Å². The van der Waals surface area contributed by atoms with Crippen molar-refractivity contribution in [3.8, 4) is 0 Å². The van der Waals surface area contributed by atoms with Crippen LogP contribution in [0.4, 0.5) is 0 Å². The summed E-state index contributed by atoms with van der Waals surface area (Å²) in [5.74, 6) is -1.74. The van der Waals surface area contributed by atoms with Crippen LogP contribution in [-0.4, -0.2) is 38.2 Å². The molecule has 1 unspecified atom stereocenters. The number of carbonyl (C=O) groups is 2. The lowest BCUT2D eigenvalue weighted by molar-refractivity contribution is -0.139. The topological polar surface area (TPSA) is 75.4 Å². The van der Waals surface area contributed by atoms with E-state index in [9.17, 15) is 14.7 Å². The molecule has 1 N–H and O–H groups in total. The normalized spacial score (nSPS) is 16.6. The number of hydrogen-bond acceptors (Lipinski definition) is 3. The highest BCUT2D eigenvalue weighted by Crippen LogP contribution is 2.30. The second kappa shape index (κ2) is 6.70. The lowest BCUT2D eigenvalue weighted by atomic mass is 9.89. The first-order chi connectivity index (χ1) is 11.9. The number of carboxylic acid groups (broad SMARTS) is 1. The number of carboxylic acids is 1. The van der Waals surface area contributed by atoms with E-state index in [1.54, 1.807) is 4.90 Å². The highest BCUT2D eigenvalue weighted by atomic mass is 16.4. The van der Waals surface area contributed by atoms with Crippen molar-refractivity contribution < 1.29 is 14.7 Å². The molecular weight excluding hydrogens is 318 g/mol. The number of nitrogens with zero attached hydrogens (tertiary/aromatic N) is 3. The van der Waals surface area contributed by atoms with Gasteiger partial charge in [-0.3, -0.25) is 14.3 Å². The fourth-order valence-corrected chi connectivity index (χ4v) is 3.57. The second-order valence-electron chi connectivity index (χ2n) is 6.54. The first kappa shape index (κ1) is 17.2. The molecule has 25 heavy (non-hydrogen) atoms. The maximum atomic E-state index is 13.1. The molecule has 1 amide bonds. The summed E-state index contributed by atoms with van der Waals surface area (Å²) in [5.41, 5.74) is 3.83. The van der Waals surface area contributed by atoms with Gasteiger partial charge in [0.2, 0.25) is 0 Å². The van der Waals surface area contributed by atoms with E-state index in [1.165, 1.54) is 0 Å². The number of rotatable bonds is 4. The maximum absolute atomic E-state index is 13.1. The van der Waals surface area contributed by atoms with Crippen LogP contribution in [0.15, 0.2) is 24.3 Å². The predicted octanol–water partition coefficient (Wildman–Crippen LogP) is 2.73. The zero-order chi connectivity index (χ0) is 18.1. The zero-order valence-corrected chi connectivity index (χ0v) is 14.8. The molecule has 1 atom stereocenters. The van der Waals surface area contributed by atoms with Crippen LogP contribution in [0, 0.1) is 13.8 Å². The third kappa shape index (κ3) is 3.04. The standard InChI is InChI=1S/C19H23N3O3/c1-4-9-22-13(3)17(12(2)20-22)18(23)21-10-14-7-5-6-8-15(14)16(11-21)19(24)25/h5-8,16H,4,9-11H2,1-3H3,(H,24,25). The van der Waals surface area contributed by atoms with Gasteiger partial charge < -0.3 is 10.0 Å².